The minimum Gasteiger partial charge on any atom is -0.508 e. The molecule has 4 heteroatoms. The molecule has 1 heterocycles. The molecule has 0 aromatic heterocycles. The summed E-state index contributed by atoms with van der Waals surface area (Å²) in [4.78, 5) is 16.5. The number of aliphatic hydroxyl groups is 1. The fourth-order valence-electron chi connectivity index (χ4n) is 3.56. The van der Waals surface area contributed by atoms with Crippen LogP contribution in [-0.4, -0.2) is 40.1 Å². The van der Waals surface area contributed by atoms with Crippen molar-refractivity contribution < 1.29 is 9.90 Å². The summed E-state index contributed by atoms with van der Waals surface area (Å²) < 4.78 is 0. The summed E-state index contributed by atoms with van der Waals surface area (Å²) in [5, 5.41) is 11.2. The number of carbonyl (C=O) groups is 1. The number of rotatable bonds is 8. The molecule has 1 unspecified atom stereocenters. The highest BCUT2D eigenvalue weighted by Gasteiger charge is 2.38. The largest absolute Gasteiger partial charge is 0.508 e. The van der Waals surface area contributed by atoms with E-state index in [9.17, 15) is 9.90 Å². The highest BCUT2D eigenvalue weighted by molar-refractivity contribution is 5.79. The molecule has 1 aliphatic rings. The van der Waals surface area contributed by atoms with E-state index in [4.69, 9.17) is 0 Å². The van der Waals surface area contributed by atoms with E-state index in [1.165, 1.54) is 0 Å². The van der Waals surface area contributed by atoms with E-state index in [0.29, 0.717) is 31.6 Å². The normalized spacial score (nSPS) is 17.0. The predicted molar refractivity (Wildman–Crippen MR) is 113 cm³/mol. The zero-order valence-corrected chi connectivity index (χ0v) is 16.0. The van der Waals surface area contributed by atoms with E-state index >= 15 is 0 Å². The van der Waals surface area contributed by atoms with Crippen LogP contribution in [0.15, 0.2) is 97.4 Å². The maximum absolute atomic E-state index is 13.3. The van der Waals surface area contributed by atoms with Crippen LogP contribution in [0.1, 0.15) is 11.1 Å². The van der Waals surface area contributed by atoms with Crippen LogP contribution in [0.3, 0.4) is 0 Å². The van der Waals surface area contributed by atoms with Crippen molar-refractivity contribution in [1.82, 2.24) is 9.80 Å². The minimum absolute atomic E-state index is 0.135. The van der Waals surface area contributed by atoms with Gasteiger partial charge in [0.1, 0.15) is 5.76 Å². The Hall–Kier alpha value is -3.27. The fourth-order valence-corrected chi connectivity index (χ4v) is 3.56. The number of nitrogens with zero attached hydrogens (tertiary/aromatic N) is 2. The van der Waals surface area contributed by atoms with Gasteiger partial charge in [-0.05, 0) is 11.1 Å². The third-order valence-electron chi connectivity index (χ3n) is 4.91. The van der Waals surface area contributed by atoms with Crippen molar-refractivity contribution >= 4 is 6.03 Å². The van der Waals surface area contributed by atoms with Gasteiger partial charge in [0.25, 0.3) is 0 Å². The highest BCUT2D eigenvalue weighted by Crippen LogP contribution is 2.29. The molecule has 3 rings (SSSR count). The maximum atomic E-state index is 13.3. The molecule has 2 aromatic carbocycles. The van der Waals surface area contributed by atoms with E-state index in [0.717, 1.165) is 11.1 Å². The number of hydrogen-bond acceptors (Lipinski definition) is 2. The Labute approximate surface area is 166 Å². The zero-order chi connectivity index (χ0) is 19.9. The summed E-state index contributed by atoms with van der Waals surface area (Å²) in [6.07, 6.45) is 4.41. The molecule has 0 fully saturated rings. The topological polar surface area (TPSA) is 43.8 Å². The molecular weight excluding hydrogens is 348 g/mol. The van der Waals surface area contributed by atoms with Crippen LogP contribution in [0.4, 0.5) is 4.79 Å². The van der Waals surface area contributed by atoms with Crippen molar-refractivity contribution in [2.24, 2.45) is 0 Å². The number of amides is 2. The lowest BCUT2D eigenvalue weighted by molar-refractivity contribution is 0.123. The Morgan fingerprint density at radius 1 is 0.893 bits per heavy atom. The molecule has 2 amide bonds. The van der Waals surface area contributed by atoms with Gasteiger partial charge < -0.3 is 10.0 Å². The van der Waals surface area contributed by atoms with Gasteiger partial charge in [-0.3, -0.25) is 4.90 Å². The molecule has 4 nitrogen and oxygen atoms in total. The number of hydrogen-bond donors (Lipinski definition) is 1. The number of allylic oxidation sites excluding steroid dienone is 1. The Morgan fingerprint density at radius 2 is 1.46 bits per heavy atom. The number of carbonyl (C=O) groups excluding carboxylic acids is 1. The van der Waals surface area contributed by atoms with Crippen LogP contribution in [-0.2, 0) is 12.8 Å². The molecule has 28 heavy (non-hydrogen) atoms. The summed E-state index contributed by atoms with van der Waals surface area (Å²) >= 11 is 0. The number of benzene rings is 2. The quantitative estimate of drug-likeness (QED) is 0.680. The molecule has 144 valence electrons. The average molecular weight is 374 g/mol. The van der Waals surface area contributed by atoms with Gasteiger partial charge in [-0.15, -0.1) is 13.2 Å². The lowest BCUT2D eigenvalue weighted by Gasteiger charge is -2.41. The summed E-state index contributed by atoms with van der Waals surface area (Å²) in [6.45, 7) is 8.27. The van der Waals surface area contributed by atoms with Gasteiger partial charge in [-0.2, -0.15) is 0 Å². The first kappa shape index (κ1) is 19.5. The van der Waals surface area contributed by atoms with Crippen LogP contribution >= 0.6 is 0 Å². The first-order valence-corrected chi connectivity index (χ1v) is 9.45. The van der Waals surface area contributed by atoms with E-state index in [2.05, 4.69) is 13.2 Å². The number of urea groups is 1. The summed E-state index contributed by atoms with van der Waals surface area (Å²) in [7, 11) is 0. The summed E-state index contributed by atoms with van der Waals surface area (Å²) in [5.74, 6) is 0.232. The molecule has 0 saturated carbocycles. The highest BCUT2D eigenvalue weighted by atomic mass is 16.3. The van der Waals surface area contributed by atoms with E-state index in [1.807, 2.05) is 60.7 Å². The fraction of sp³-hybridized carbons (Fsp3) is 0.208. The first-order chi connectivity index (χ1) is 13.7. The molecule has 0 aliphatic carbocycles. The van der Waals surface area contributed by atoms with Crippen molar-refractivity contribution in [2.45, 2.75) is 18.9 Å². The standard InChI is InChI=1S/C24H26N2O2/c1-3-15-25-21(17-19-11-7-5-8-12-19)23(27)22(26(16-4-2)24(25)28)18-20-13-9-6-10-14-20/h3-14,21,27H,1-2,15-18H2. The predicted octanol–water partition coefficient (Wildman–Crippen LogP) is 4.72. The molecular formula is C24H26N2O2. The van der Waals surface area contributed by atoms with Crippen molar-refractivity contribution in [3.63, 3.8) is 0 Å². The van der Waals surface area contributed by atoms with Gasteiger partial charge in [0, 0.05) is 25.9 Å². The van der Waals surface area contributed by atoms with E-state index in [-0.39, 0.29) is 11.8 Å². The number of aliphatic hydroxyl groups excluding tert-OH is 1. The Kier molecular flexibility index (Phi) is 6.33. The third kappa shape index (κ3) is 4.17. The van der Waals surface area contributed by atoms with Gasteiger partial charge in [-0.25, -0.2) is 4.79 Å². The SMILES string of the molecule is C=CCN1C(=O)N(CC=C)C(Cc2ccccc2)C(O)=C1Cc1ccccc1. The van der Waals surface area contributed by atoms with Gasteiger partial charge in [0.15, 0.2) is 0 Å². The Bertz CT molecular complexity index is 859. The molecule has 0 bridgehead atoms. The van der Waals surface area contributed by atoms with E-state index < -0.39 is 6.04 Å². The van der Waals surface area contributed by atoms with Gasteiger partial charge in [0.2, 0.25) is 0 Å². The lowest BCUT2D eigenvalue weighted by Crippen LogP contribution is -2.54. The van der Waals surface area contributed by atoms with Gasteiger partial charge >= 0.3 is 6.03 Å². The van der Waals surface area contributed by atoms with Gasteiger partial charge in [0.05, 0.1) is 11.7 Å². The van der Waals surface area contributed by atoms with Crippen LogP contribution < -0.4 is 0 Å². The first-order valence-electron chi connectivity index (χ1n) is 9.45. The third-order valence-corrected chi connectivity index (χ3v) is 4.91. The molecule has 0 spiro atoms. The monoisotopic (exact) mass is 374 g/mol. The molecule has 1 aliphatic heterocycles. The average Bonchev–Trinajstić information content (AvgIpc) is 2.73. The Morgan fingerprint density at radius 3 is 2.04 bits per heavy atom. The summed E-state index contributed by atoms with van der Waals surface area (Å²) in [6, 6.07) is 19.2. The van der Waals surface area contributed by atoms with Crippen molar-refractivity contribution in [2.75, 3.05) is 13.1 Å². The van der Waals surface area contributed by atoms with Crippen LogP contribution in [0.2, 0.25) is 0 Å². The second-order valence-electron chi connectivity index (χ2n) is 6.82. The minimum atomic E-state index is -0.423. The summed E-state index contributed by atoms with van der Waals surface area (Å²) in [5.41, 5.74) is 2.75. The lowest BCUT2D eigenvalue weighted by atomic mass is 9.97. The molecule has 0 saturated heterocycles. The molecule has 0 radical (unpaired) electrons. The molecule has 1 atom stereocenters. The van der Waals surface area contributed by atoms with Crippen LogP contribution in [0.25, 0.3) is 0 Å². The maximum Gasteiger partial charge on any atom is 0.325 e. The molecule has 2 aromatic rings. The van der Waals surface area contributed by atoms with Crippen LogP contribution in [0, 0.1) is 0 Å². The van der Waals surface area contributed by atoms with Crippen molar-refractivity contribution in [1.29, 1.82) is 0 Å². The van der Waals surface area contributed by atoms with Crippen molar-refractivity contribution in [3.05, 3.63) is 109 Å². The second kappa shape index (κ2) is 9.09. The molecule has 1 N–H and O–H groups in total. The van der Waals surface area contributed by atoms with Gasteiger partial charge in [-0.1, -0.05) is 72.8 Å². The second-order valence-corrected chi connectivity index (χ2v) is 6.82. The Balaban J connectivity index is 2.03. The van der Waals surface area contributed by atoms with Crippen molar-refractivity contribution in [3.8, 4) is 0 Å². The van der Waals surface area contributed by atoms with E-state index in [1.54, 1.807) is 22.0 Å². The van der Waals surface area contributed by atoms with Crippen LogP contribution in [0.5, 0.6) is 0 Å². The zero-order valence-electron chi connectivity index (χ0n) is 16.0. The smallest absolute Gasteiger partial charge is 0.325 e.